The van der Waals surface area contributed by atoms with Crippen LogP contribution < -0.4 is 10.1 Å². The van der Waals surface area contributed by atoms with E-state index in [0.717, 1.165) is 18.2 Å². The Morgan fingerprint density at radius 3 is 2.28 bits per heavy atom. The summed E-state index contributed by atoms with van der Waals surface area (Å²) >= 11 is 0. The van der Waals surface area contributed by atoms with E-state index in [4.69, 9.17) is 4.74 Å². The number of anilines is 1. The van der Waals surface area contributed by atoms with Gasteiger partial charge in [-0.05, 0) is 42.5 Å². The normalized spacial score (nSPS) is 10.2. The first-order chi connectivity index (χ1) is 13.9. The number of ether oxygens (including phenoxy) is 1. The molecule has 0 fully saturated rings. The highest BCUT2D eigenvalue weighted by atomic mass is 19.1. The van der Waals surface area contributed by atoms with Gasteiger partial charge in [0.25, 0.3) is 11.6 Å². The Hall–Kier alpha value is -4.07. The Morgan fingerprint density at radius 1 is 0.966 bits per heavy atom. The zero-order valence-corrected chi connectivity index (χ0v) is 15.0. The van der Waals surface area contributed by atoms with Gasteiger partial charge >= 0.3 is 0 Å². The number of Topliss-reactive ketones (excluding diaryl/α,β-unsaturated/α-hetero) is 1. The van der Waals surface area contributed by atoms with Crippen LogP contribution in [0.15, 0.2) is 72.8 Å². The number of hydrogen-bond donors (Lipinski definition) is 1. The molecule has 1 N–H and O–H groups in total. The molecule has 0 spiro atoms. The molecule has 29 heavy (non-hydrogen) atoms. The predicted molar refractivity (Wildman–Crippen MR) is 104 cm³/mol. The quantitative estimate of drug-likeness (QED) is 0.367. The van der Waals surface area contributed by atoms with E-state index in [0.29, 0.717) is 16.8 Å². The van der Waals surface area contributed by atoms with Gasteiger partial charge in [0.15, 0.2) is 24.0 Å². The zero-order chi connectivity index (χ0) is 20.8. The maximum Gasteiger partial charge on any atom is 0.272 e. The lowest BCUT2D eigenvalue weighted by Crippen LogP contribution is -2.13. The Morgan fingerprint density at radius 2 is 1.66 bits per heavy atom. The van der Waals surface area contributed by atoms with Crippen LogP contribution >= 0.6 is 0 Å². The number of halogens is 1. The minimum Gasteiger partial charge on any atom is -0.482 e. The lowest BCUT2D eigenvalue weighted by atomic mass is 10.1. The van der Waals surface area contributed by atoms with E-state index in [9.17, 15) is 24.1 Å². The molecule has 7 nitrogen and oxygen atoms in total. The van der Waals surface area contributed by atoms with Crippen LogP contribution in [-0.2, 0) is 0 Å². The summed E-state index contributed by atoms with van der Waals surface area (Å²) in [6.07, 6.45) is 0. The standard InChI is InChI=1S/C21H15FN2O5/c22-18-12-17(24(27)28)10-11-20(18)29-13-19(25)14-6-8-16(9-7-14)23-21(26)15-4-2-1-3-5-15/h1-12H,13H2,(H,23,26). The van der Waals surface area contributed by atoms with Crippen molar-refractivity contribution in [3.05, 3.63) is 99.9 Å². The molecule has 0 atom stereocenters. The maximum absolute atomic E-state index is 13.8. The number of ketones is 1. The average molecular weight is 394 g/mol. The minimum absolute atomic E-state index is 0.254. The van der Waals surface area contributed by atoms with Crippen molar-refractivity contribution >= 4 is 23.1 Å². The summed E-state index contributed by atoms with van der Waals surface area (Å²) in [5, 5.41) is 13.3. The number of carbonyl (C=O) groups excluding carboxylic acids is 2. The molecule has 8 heteroatoms. The molecule has 0 aromatic heterocycles. The van der Waals surface area contributed by atoms with E-state index in [1.165, 1.54) is 12.1 Å². The van der Waals surface area contributed by atoms with Gasteiger partial charge in [-0.1, -0.05) is 18.2 Å². The number of nitrogens with one attached hydrogen (secondary N) is 1. The van der Waals surface area contributed by atoms with Crippen LogP contribution in [0.1, 0.15) is 20.7 Å². The van der Waals surface area contributed by atoms with Crippen LogP contribution in [0.25, 0.3) is 0 Å². The van der Waals surface area contributed by atoms with Crippen LogP contribution in [0.2, 0.25) is 0 Å². The number of nitrogens with zero attached hydrogens (tertiary/aromatic N) is 1. The molecule has 0 radical (unpaired) electrons. The van der Waals surface area contributed by atoms with Crippen molar-refractivity contribution in [3.8, 4) is 5.75 Å². The molecule has 3 rings (SSSR count). The fraction of sp³-hybridized carbons (Fsp3) is 0.0476. The second kappa shape index (κ2) is 8.75. The third-order valence-corrected chi connectivity index (χ3v) is 3.99. The van der Waals surface area contributed by atoms with Crippen LogP contribution in [0.5, 0.6) is 5.75 Å². The summed E-state index contributed by atoms with van der Waals surface area (Å²) in [4.78, 5) is 34.2. The van der Waals surface area contributed by atoms with E-state index < -0.39 is 28.8 Å². The summed E-state index contributed by atoms with van der Waals surface area (Å²) in [7, 11) is 0. The molecule has 3 aromatic carbocycles. The highest BCUT2D eigenvalue weighted by Crippen LogP contribution is 2.22. The van der Waals surface area contributed by atoms with Gasteiger partial charge in [0.2, 0.25) is 0 Å². The van der Waals surface area contributed by atoms with Gasteiger partial charge in [-0.15, -0.1) is 0 Å². The molecule has 0 aliphatic heterocycles. The number of non-ortho nitro benzene ring substituents is 1. The summed E-state index contributed by atoms with van der Waals surface area (Å²) in [5.41, 5.74) is 0.920. The Kier molecular flexibility index (Phi) is 5.94. The fourth-order valence-electron chi connectivity index (χ4n) is 2.48. The molecular weight excluding hydrogens is 379 g/mol. The summed E-state index contributed by atoms with van der Waals surface area (Å²) in [6.45, 7) is -0.440. The van der Waals surface area contributed by atoms with Gasteiger partial charge in [0, 0.05) is 22.9 Å². The van der Waals surface area contributed by atoms with Crippen molar-refractivity contribution in [2.45, 2.75) is 0 Å². The number of benzene rings is 3. The largest absolute Gasteiger partial charge is 0.482 e. The number of nitro benzene ring substituents is 1. The van der Waals surface area contributed by atoms with E-state index in [1.54, 1.807) is 36.4 Å². The van der Waals surface area contributed by atoms with Crippen LogP contribution in [0, 0.1) is 15.9 Å². The van der Waals surface area contributed by atoms with Crippen molar-refractivity contribution in [2.24, 2.45) is 0 Å². The smallest absolute Gasteiger partial charge is 0.272 e. The molecular formula is C21H15FN2O5. The van der Waals surface area contributed by atoms with Crippen molar-refractivity contribution < 1.29 is 23.6 Å². The number of nitro groups is 1. The molecule has 0 saturated heterocycles. The first-order valence-electron chi connectivity index (χ1n) is 8.50. The van der Waals surface area contributed by atoms with Crippen molar-refractivity contribution in [1.82, 2.24) is 0 Å². The lowest BCUT2D eigenvalue weighted by molar-refractivity contribution is -0.385. The van der Waals surface area contributed by atoms with Gasteiger partial charge in [-0.25, -0.2) is 4.39 Å². The van der Waals surface area contributed by atoms with E-state index >= 15 is 0 Å². The predicted octanol–water partition coefficient (Wildman–Crippen LogP) is 4.25. The number of carbonyl (C=O) groups is 2. The first-order valence-corrected chi connectivity index (χ1v) is 8.50. The molecule has 0 aliphatic carbocycles. The molecule has 3 aromatic rings. The van der Waals surface area contributed by atoms with Gasteiger partial charge in [0.1, 0.15) is 0 Å². The highest BCUT2D eigenvalue weighted by Gasteiger charge is 2.14. The topological polar surface area (TPSA) is 98.5 Å². The zero-order valence-electron chi connectivity index (χ0n) is 15.0. The SMILES string of the molecule is O=C(COc1ccc([N+](=O)[O-])cc1F)c1ccc(NC(=O)c2ccccc2)cc1. The van der Waals surface area contributed by atoms with Gasteiger partial charge in [0.05, 0.1) is 11.0 Å². The first kappa shape index (κ1) is 19.7. The Bertz CT molecular complexity index is 1050. The summed E-state index contributed by atoms with van der Waals surface area (Å²) in [6, 6.07) is 17.8. The van der Waals surface area contributed by atoms with E-state index in [2.05, 4.69) is 5.32 Å². The molecule has 1 amide bonds. The molecule has 0 unspecified atom stereocenters. The highest BCUT2D eigenvalue weighted by molar-refractivity contribution is 6.04. The van der Waals surface area contributed by atoms with Crippen molar-refractivity contribution in [3.63, 3.8) is 0 Å². The van der Waals surface area contributed by atoms with Gasteiger partial charge < -0.3 is 10.1 Å². The molecule has 0 heterocycles. The van der Waals surface area contributed by atoms with Gasteiger partial charge in [-0.3, -0.25) is 19.7 Å². The third-order valence-electron chi connectivity index (χ3n) is 3.99. The second-order valence-corrected chi connectivity index (χ2v) is 5.98. The molecule has 146 valence electrons. The average Bonchev–Trinajstić information content (AvgIpc) is 2.73. The maximum atomic E-state index is 13.8. The van der Waals surface area contributed by atoms with Crippen LogP contribution in [0.3, 0.4) is 0 Å². The van der Waals surface area contributed by atoms with Crippen LogP contribution in [0.4, 0.5) is 15.8 Å². The molecule has 0 saturated carbocycles. The number of amides is 1. The van der Waals surface area contributed by atoms with Gasteiger partial charge in [-0.2, -0.15) is 0 Å². The Labute approximate surface area is 164 Å². The Balaban J connectivity index is 1.59. The molecule has 0 aliphatic rings. The van der Waals surface area contributed by atoms with E-state index in [1.807, 2.05) is 6.07 Å². The lowest BCUT2D eigenvalue weighted by Gasteiger charge is -2.08. The fourth-order valence-corrected chi connectivity index (χ4v) is 2.48. The summed E-state index contributed by atoms with van der Waals surface area (Å²) < 4.78 is 18.9. The van der Waals surface area contributed by atoms with Crippen molar-refractivity contribution in [2.75, 3.05) is 11.9 Å². The minimum atomic E-state index is -0.925. The second-order valence-electron chi connectivity index (χ2n) is 5.98. The number of hydrogen-bond acceptors (Lipinski definition) is 5. The van der Waals surface area contributed by atoms with Crippen molar-refractivity contribution in [1.29, 1.82) is 0 Å². The third kappa shape index (κ3) is 5.01. The molecule has 0 bridgehead atoms. The monoisotopic (exact) mass is 394 g/mol. The number of rotatable bonds is 7. The van der Waals surface area contributed by atoms with Crippen LogP contribution in [-0.4, -0.2) is 23.2 Å². The van der Waals surface area contributed by atoms with E-state index in [-0.39, 0.29) is 11.7 Å². The summed E-state index contributed by atoms with van der Waals surface area (Å²) in [5.74, 6) is -1.87.